The molecule has 0 bridgehead atoms. The lowest BCUT2D eigenvalue weighted by Gasteiger charge is -2.26. The number of hydrogen-bond donors (Lipinski definition) is 0. The van der Waals surface area contributed by atoms with Crippen molar-refractivity contribution in [2.75, 3.05) is 27.4 Å². The van der Waals surface area contributed by atoms with Crippen LogP contribution in [0.5, 0.6) is 0 Å². The highest BCUT2D eigenvalue weighted by Crippen LogP contribution is 2.37. The Hall–Kier alpha value is -0.860. The number of hydrogen-bond acceptors (Lipinski definition) is 2. The highest BCUT2D eigenvalue weighted by molar-refractivity contribution is 5.34. The summed E-state index contributed by atoms with van der Waals surface area (Å²) < 4.78 is 10.7. The van der Waals surface area contributed by atoms with E-state index in [2.05, 4.69) is 24.3 Å². The first-order chi connectivity index (χ1) is 7.29. The highest BCUT2D eigenvalue weighted by atomic mass is 16.5. The first-order valence-corrected chi connectivity index (χ1v) is 5.34. The van der Waals surface area contributed by atoms with Gasteiger partial charge < -0.3 is 9.47 Å². The molecule has 1 aromatic carbocycles. The van der Waals surface area contributed by atoms with Crippen LogP contribution in [0.3, 0.4) is 0 Å². The molecule has 0 saturated heterocycles. The van der Waals surface area contributed by atoms with Crippen LogP contribution in [0, 0.1) is 5.41 Å². The Morgan fingerprint density at radius 1 is 1.00 bits per heavy atom. The summed E-state index contributed by atoms with van der Waals surface area (Å²) in [7, 11) is 3.53. The number of methoxy groups -OCH3 is 2. The van der Waals surface area contributed by atoms with Gasteiger partial charge in [-0.05, 0) is 24.0 Å². The van der Waals surface area contributed by atoms with E-state index in [4.69, 9.17) is 9.47 Å². The third-order valence-corrected chi connectivity index (χ3v) is 3.15. The van der Waals surface area contributed by atoms with Crippen molar-refractivity contribution in [1.29, 1.82) is 0 Å². The van der Waals surface area contributed by atoms with Crippen molar-refractivity contribution in [1.82, 2.24) is 0 Å². The number of rotatable bonds is 4. The summed E-state index contributed by atoms with van der Waals surface area (Å²) in [5, 5.41) is 0. The van der Waals surface area contributed by atoms with Gasteiger partial charge in [-0.1, -0.05) is 24.3 Å². The summed E-state index contributed by atoms with van der Waals surface area (Å²) in [6, 6.07) is 8.63. The van der Waals surface area contributed by atoms with Crippen LogP contribution in [-0.2, 0) is 22.3 Å². The normalized spacial score (nSPS) is 17.7. The molecule has 0 spiro atoms. The average molecular weight is 206 g/mol. The van der Waals surface area contributed by atoms with E-state index in [1.54, 1.807) is 14.2 Å². The predicted molar refractivity (Wildman–Crippen MR) is 60.0 cm³/mol. The Morgan fingerprint density at radius 2 is 1.47 bits per heavy atom. The van der Waals surface area contributed by atoms with Crippen molar-refractivity contribution in [2.24, 2.45) is 5.41 Å². The molecule has 0 amide bonds. The van der Waals surface area contributed by atoms with Crippen LogP contribution in [0.4, 0.5) is 0 Å². The third kappa shape index (κ3) is 2.06. The summed E-state index contributed by atoms with van der Waals surface area (Å²) in [5.74, 6) is 0. The molecule has 0 N–H and O–H groups in total. The lowest BCUT2D eigenvalue weighted by Crippen LogP contribution is -2.32. The molecule has 0 aromatic heterocycles. The minimum absolute atomic E-state index is 0.160. The smallest absolute Gasteiger partial charge is 0.0547 e. The lowest BCUT2D eigenvalue weighted by molar-refractivity contribution is 0.0168. The molecule has 0 heterocycles. The number of fused-ring (bicyclic) bond motifs is 1. The minimum Gasteiger partial charge on any atom is -0.384 e. The van der Waals surface area contributed by atoms with Crippen LogP contribution < -0.4 is 0 Å². The zero-order chi connectivity index (χ0) is 10.7. The van der Waals surface area contributed by atoms with Gasteiger partial charge in [0.2, 0.25) is 0 Å². The van der Waals surface area contributed by atoms with Gasteiger partial charge in [-0.25, -0.2) is 0 Å². The Kier molecular flexibility index (Phi) is 3.08. The van der Waals surface area contributed by atoms with E-state index < -0.39 is 0 Å². The van der Waals surface area contributed by atoms with Crippen LogP contribution in [0.2, 0.25) is 0 Å². The van der Waals surface area contributed by atoms with Crippen molar-refractivity contribution >= 4 is 0 Å². The largest absolute Gasteiger partial charge is 0.384 e. The molecular formula is C13H18O2. The number of ether oxygens (including phenoxy) is 2. The second-order valence-corrected chi connectivity index (χ2v) is 4.49. The molecule has 82 valence electrons. The van der Waals surface area contributed by atoms with E-state index >= 15 is 0 Å². The van der Waals surface area contributed by atoms with Crippen LogP contribution in [0.1, 0.15) is 11.1 Å². The zero-order valence-corrected chi connectivity index (χ0v) is 9.45. The van der Waals surface area contributed by atoms with Crippen LogP contribution in [0.25, 0.3) is 0 Å². The third-order valence-electron chi connectivity index (χ3n) is 3.15. The quantitative estimate of drug-likeness (QED) is 0.750. The van der Waals surface area contributed by atoms with Gasteiger partial charge in [0.1, 0.15) is 0 Å². The van der Waals surface area contributed by atoms with E-state index in [1.165, 1.54) is 11.1 Å². The van der Waals surface area contributed by atoms with Crippen molar-refractivity contribution in [3.8, 4) is 0 Å². The fourth-order valence-corrected chi connectivity index (χ4v) is 2.63. The van der Waals surface area contributed by atoms with Gasteiger partial charge in [0.15, 0.2) is 0 Å². The van der Waals surface area contributed by atoms with E-state index in [0.29, 0.717) is 0 Å². The molecule has 0 unspecified atom stereocenters. The molecule has 2 nitrogen and oxygen atoms in total. The van der Waals surface area contributed by atoms with Crippen molar-refractivity contribution < 1.29 is 9.47 Å². The predicted octanol–water partition coefficient (Wildman–Crippen LogP) is 2.06. The molecule has 0 aliphatic heterocycles. The molecule has 0 radical (unpaired) electrons. The van der Waals surface area contributed by atoms with Crippen LogP contribution in [-0.4, -0.2) is 27.4 Å². The summed E-state index contributed by atoms with van der Waals surface area (Å²) in [5.41, 5.74) is 3.06. The van der Waals surface area contributed by atoms with Gasteiger partial charge >= 0.3 is 0 Å². The zero-order valence-electron chi connectivity index (χ0n) is 9.45. The van der Waals surface area contributed by atoms with E-state index in [9.17, 15) is 0 Å². The second kappa shape index (κ2) is 4.33. The van der Waals surface area contributed by atoms with Gasteiger partial charge in [0.25, 0.3) is 0 Å². The van der Waals surface area contributed by atoms with Crippen molar-refractivity contribution in [3.05, 3.63) is 35.4 Å². The van der Waals surface area contributed by atoms with Gasteiger partial charge in [-0.3, -0.25) is 0 Å². The van der Waals surface area contributed by atoms with E-state index in [0.717, 1.165) is 26.1 Å². The molecular weight excluding hydrogens is 188 g/mol. The molecule has 1 aromatic rings. The Morgan fingerprint density at radius 3 is 1.87 bits per heavy atom. The SMILES string of the molecule is COCC1(COC)Cc2ccccc2C1. The summed E-state index contributed by atoms with van der Waals surface area (Å²) >= 11 is 0. The Balaban J connectivity index is 2.19. The lowest BCUT2D eigenvalue weighted by atomic mass is 9.86. The van der Waals surface area contributed by atoms with E-state index in [1.807, 2.05) is 0 Å². The van der Waals surface area contributed by atoms with Gasteiger partial charge in [-0.2, -0.15) is 0 Å². The molecule has 2 rings (SSSR count). The molecule has 15 heavy (non-hydrogen) atoms. The maximum absolute atomic E-state index is 5.33. The molecule has 1 aliphatic rings. The Bertz CT molecular complexity index is 300. The topological polar surface area (TPSA) is 18.5 Å². The molecule has 2 heteroatoms. The van der Waals surface area contributed by atoms with Crippen LogP contribution >= 0.6 is 0 Å². The van der Waals surface area contributed by atoms with Crippen molar-refractivity contribution in [2.45, 2.75) is 12.8 Å². The van der Waals surface area contributed by atoms with Gasteiger partial charge in [0.05, 0.1) is 13.2 Å². The second-order valence-electron chi connectivity index (χ2n) is 4.49. The average Bonchev–Trinajstić information content (AvgIpc) is 2.56. The van der Waals surface area contributed by atoms with E-state index in [-0.39, 0.29) is 5.41 Å². The van der Waals surface area contributed by atoms with Crippen molar-refractivity contribution in [3.63, 3.8) is 0 Å². The molecule has 0 atom stereocenters. The monoisotopic (exact) mass is 206 g/mol. The van der Waals surface area contributed by atoms with Gasteiger partial charge in [-0.15, -0.1) is 0 Å². The first kappa shape index (κ1) is 10.7. The molecule has 0 fully saturated rings. The van der Waals surface area contributed by atoms with Gasteiger partial charge in [0, 0.05) is 19.6 Å². The summed E-state index contributed by atoms with van der Waals surface area (Å²) in [6.07, 6.45) is 2.15. The molecule has 0 saturated carbocycles. The Labute approximate surface area is 91.2 Å². The maximum Gasteiger partial charge on any atom is 0.0547 e. The summed E-state index contributed by atoms with van der Waals surface area (Å²) in [4.78, 5) is 0. The minimum atomic E-state index is 0.160. The summed E-state index contributed by atoms with van der Waals surface area (Å²) in [6.45, 7) is 1.55. The first-order valence-electron chi connectivity index (χ1n) is 5.34. The van der Waals surface area contributed by atoms with Crippen LogP contribution in [0.15, 0.2) is 24.3 Å². The highest BCUT2D eigenvalue weighted by Gasteiger charge is 2.37. The number of benzene rings is 1. The fourth-order valence-electron chi connectivity index (χ4n) is 2.63. The fraction of sp³-hybridized carbons (Fsp3) is 0.538. The standard InChI is InChI=1S/C13H18O2/c1-14-9-13(10-15-2)7-11-5-3-4-6-12(11)8-13/h3-6H,7-10H2,1-2H3. The maximum atomic E-state index is 5.33. The molecule has 1 aliphatic carbocycles.